The van der Waals surface area contributed by atoms with E-state index in [1.54, 1.807) is 26.1 Å². The summed E-state index contributed by atoms with van der Waals surface area (Å²) in [5.74, 6) is 0.0843. The molecule has 1 aromatic heterocycles. The third kappa shape index (κ3) is 2.85. The minimum absolute atomic E-state index is 0.267. The first-order valence-electron chi connectivity index (χ1n) is 6.08. The van der Waals surface area contributed by atoms with Crippen molar-refractivity contribution in [1.82, 2.24) is 9.78 Å². The molecule has 0 aliphatic heterocycles. The van der Waals surface area contributed by atoms with E-state index in [0.717, 1.165) is 0 Å². The lowest BCUT2D eigenvalue weighted by atomic mass is 10.2. The molecular weight excluding hydrogens is 260 g/mol. The first-order valence-corrected chi connectivity index (χ1v) is 6.08. The molecular formula is C14H14N2O4. The van der Waals surface area contributed by atoms with Crippen LogP contribution in [0.4, 0.5) is 0 Å². The van der Waals surface area contributed by atoms with Gasteiger partial charge in [-0.05, 0) is 31.2 Å². The highest BCUT2D eigenvalue weighted by molar-refractivity contribution is 5.89. The second-order valence-corrected chi connectivity index (χ2v) is 3.99. The van der Waals surface area contributed by atoms with E-state index in [0.29, 0.717) is 29.9 Å². The van der Waals surface area contributed by atoms with Crippen molar-refractivity contribution in [3.05, 3.63) is 41.7 Å². The quantitative estimate of drug-likeness (QED) is 0.473. The minimum Gasteiger partial charge on any atom is -0.490 e. The van der Waals surface area contributed by atoms with Crippen LogP contribution in [-0.4, -0.2) is 28.6 Å². The monoisotopic (exact) mass is 274 g/mol. The zero-order chi connectivity index (χ0) is 14.5. The second kappa shape index (κ2) is 6.01. The van der Waals surface area contributed by atoms with E-state index in [-0.39, 0.29) is 5.75 Å². The maximum Gasteiger partial charge on any atom is 0.362 e. The molecule has 0 aliphatic carbocycles. The highest BCUT2D eigenvalue weighted by Crippen LogP contribution is 2.28. The van der Waals surface area contributed by atoms with Gasteiger partial charge in [-0.2, -0.15) is 5.10 Å². The Labute approximate surface area is 115 Å². The van der Waals surface area contributed by atoms with Crippen LogP contribution >= 0.6 is 0 Å². The van der Waals surface area contributed by atoms with E-state index in [1.807, 2.05) is 0 Å². The van der Waals surface area contributed by atoms with Crippen molar-refractivity contribution >= 4 is 12.3 Å². The Kier molecular flexibility index (Phi) is 4.14. The number of ether oxygens (including phenoxy) is 2. The molecule has 20 heavy (non-hydrogen) atoms. The fraction of sp³-hybridized carbons (Fsp3) is 0.214. The lowest BCUT2D eigenvalue weighted by molar-refractivity contribution is 0.0717. The van der Waals surface area contributed by atoms with Crippen molar-refractivity contribution in [1.29, 1.82) is 0 Å². The Hall–Kier alpha value is -2.63. The minimum atomic E-state index is -0.537. The summed E-state index contributed by atoms with van der Waals surface area (Å²) in [6.45, 7) is 2.21. The summed E-state index contributed by atoms with van der Waals surface area (Å²) in [6.07, 6.45) is 2.21. The van der Waals surface area contributed by atoms with Crippen LogP contribution in [0.15, 0.2) is 30.5 Å². The topological polar surface area (TPSA) is 70.4 Å². The van der Waals surface area contributed by atoms with Crippen LogP contribution < -0.4 is 9.47 Å². The molecule has 1 heterocycles. The zero-order valence-electron chi connectivity index (χ0n) is 11.2. The molecule has 0 N–H and O–H groups in total. The molecule has 6 nitrogen and oxygen atoms in total. The third-order valence-electron chi connectivity index (χ3n) is 2.64. The normalized spacial score (nSPS) is 10.1. The van der Waals surface area contributed by atoms with Gasteiger partial charge in [0.25, 0.3) is 0 Å². The van der Waals surface area contributed by atoms with E-state index in [9.17, 15) is 9.59 Å². The number of rotatable bonds is 5. The highest BCUT2D eigenvalue weighted by atomic mass is 16.6. The fourth-order valence-corrected chi connectivity index (χ4v) is 1.68. The number of esters is 1. The summed E-state index contributed by atoms with van der Waals surface area (Å²) in [6, 6.07) is 6.18. The van der Waals surface area contributed by atoms with Gasteiger partial charge in [-0.25, -0.2) is 4.79 Å². The van der Waals surface area contributed by atoms with Crippen molar-refractivity contribution in [2.45, 2.75) is 6.92 Å². The molecule has 0 saturated heterocycles. The Bertz CT molecular complexity index is 634. The lowest BCUT2D eigenvalue weighted by Crippen LogP contribution is -2.14. The molecule has 0 saturated carbocycles. The van der Waals surface area contributed by atoms with E-state index in [1.165, 1.54) is 23.0 Å². The predicted molar refractivity (Wildman–Crippen MR) is 71.2 cm³/mol. The van der Waals surface area contributed by atoms with Gasteiger partial charge in [0.05, 0.1) is 6.61 Å². The standard InChI is InChI=1S/C14H14N2O4/c1-3-19-13-8-10(9-17)4-5-12(13)20-14(18)11-6-7-15-16(11)2/h4-9H,3H2,1-2H3. The summed E-state index contributed by atoms with van der Waals surface area (Å²) in [7, 11) is 1.65. The highest BCUT2D eigenvalue weighted by Gasteiger charge is 2.15. The third-order valence-corrected chi connectivity index (χ3v) is 2.64. The molecule has 1 aromatic carbocycles. The zero-order valence-corrected chi connectivity index (χ0v) is 11.2. The first-order chi connectivity index (χ1) is 9.65. The van der Waals surface area contributed by atoms with Gasteiger partial charge in [0.1, 0.15) is 12.0 Å². The first kappa shape index (κ1) is 13.8. The number of benzene rings is 1. The van der Waals surface area contributed by atoms with Crippen molar-refractivity contribution in [2.24, 2.45) is 7.05 Å². The molecule has 0 radical (unpaired) electrons. The van der Waals surface area contributed by atoms with Crippen molar-refractivity contribution in [2.75, 3.05) is 6.61 Å². The molecule has 0 spiro atoms. The van der Waals surface area contributed by atoms with Crippen LogP contribution in [0.2, 0.25) is 0 Å². The maximum atomic E-state index is 12.0. The number of nitrogens with zero attached hydrogens (tertiary/aromatic N) is 2. The van der Waals surface area contributed by atoms with Crippen molar-refractivity contribution < 1.29 is 19.1 Å². The maximum absolute atomic E-state index is 12.0. The van der Waals surface area contributed by atoms with Crippen LogP contribution in [0.25, 0.3) is 0 Å². The van der Waals surface area contributed by atoms with Crippen LogP contribution in [-0.2, 0) is 7.05 Å². The SMILES string of the molecule is CCOc1cc(C=O)ccc1OC(=O)c1ccnn1C. The molecule has 0 bridgehead atoms. The molecule has 0 aliphatic rings. The number of aryl methyl sites for hydroxylation is 1. The summed E-state index contributed by atoms with van der Waals surface area (Å²) in [4.78, 5) is 22.8. The number of hydrogen-bond donors (Lipinski definition) is 0. The van der Waals surface area contributed by atoms with E-state index < -0.39 is 5.97 Å². The van der Waals surface area contributed by atoms with E-state index >= 15 is 0 Å². The molecule has 0 atom stereocenters. The number of aldehydes is 1. The predicted octanol–water partition coefficient (Wildman–Crippen LogP) is 1.85. The van der Waals surface area contributed by atoms with Gasteiger partial charge in [-0.1, -0.05) is 0 Å². The van der Waals surface area contributed by atoms with Crippen LogP contribution in [0.1, 0.15) is 27.8 Å². The van der Waals surface area contributed by atoms with Gasteiger partial charge >= 0.3 is 5.97 Å². The Morgan fingerprint density at radius 2 is 2.15 bits per heavy atom. The summed E-state index contributed by atoms with van der Waals surface area (Å²) in [5.41, 5.74) is 0.778. The number of carbonyl (C=O) groups is 2. The van der Waals surface area contributed by atoms with Gasteiger partial charge < -0.3 is 9.47 Å². The Morgan fingerprint density at radius 3 is 2.75 bits per heavy atom. The summed E-state index contributed by atoms with van der Waals surface area (Å²) < 4.78 is 12.1. The average Bonchev–Trinajstić information content (AvgIpc) is 2.87. The smallest absolute Gasteiger partial charge is 0.362 e. The molecule has 0 amide bonds. The fourth-order valence-electron chi connectivity index (χ4n) is 1.68. The van der Waals surface area contributed by atoms with Crippen LogP contribution in [0, 0.1) is 0 Å². The Morgan fingerprint density at radius 1 is 1.35 bits per heavy atom. The summed E-state index contributed by atoms with van der Waals surface area (Å²) in [5, 5.41) is 3.90. The van der Waals surface area contributed by atoms with Gasteiger partial charge in [0, 0.05) is 18.8 Å². The van der Waals surface area contributed by atoms with Gasteiger partial charge in [-0.15, -0.1) is 0 Å². The lowest BCUT2D eigenvalue weighted by Gasteiger charge is -2.11. The largest absolute Gasteiger partial charge is 0.490 e. The molecule has 104 valence electrons. The van der Waals surface area contributed by atoms with Gasteiger partial charge in [0.2, 0.25) is 0 Å². The molecule has 0 unspecified atom stereocenters. The number of hydrogen-bond acceptors (Lipinski definition) is 5. The average molecular weight is 274 g/mol. The second-order valence-electron chi connectivity index (χ2n) is 3.99. The van der Waals surface area contributed by atoms with Gasteiger partial charge in [-0.3, -0.25) is 9.48 Å². The van der Waals surface area contributed by atoms with Crippen molar-refractivity contribution in [3.63, 3.8) is 0 Å². The number of aromatic nitrogens is 2. The van der Waals surface area contributed by atoms with Crippen LogP contribution in [0.5, 0.6) is 11.5 Å². The molecule has 0 fully saturated rings. The van der Waals surface area contributed by atoms with E-state index in [2.05, 4.69) is 5.10 Å². The van der Waals surface area contributed by atoms with Gasteiger partial charge in [0.15, 0.2) is 11.5 Å². The molecule has 2 rings (SSSR count). The molecule has 6 heteroatoms. The summed E-state index contributed by atoms with van der Waals surface area (Å²) >= 11 is 0. The molecule has 2 aromatic rings. The Balaban J connectivity index is 2.26. The van der Waals surface area contributed by atoms with E-state index in [4.69, 9.17) is 9.47 Å². The van der Waals surface area contributed by atoms with Crippen LogP contribution in [0.3, 0.4) is 0 Å². The van der Waals surface area contributed by atoms with Crippen molar-refractivity contribution in [3.8, 4) is 11.5 Å². The number of carbonyl (C=O) groups excluding carboxylic acids is 2.